The molecule has 8 heteroatoms. The minimum absolute atomic E-state index is 0.0994. The van der Waals surface area contributed by atoms with Gasteiger partial charge in [-0.15, -0.1) is 0 Å². The second kappa shape index (κ2) is 6.15. The van der Waals surface area contributed by atoms with Gasteiger partial charge < -0.3 is 9.84 Å². The number of nitrogens with zero attached hydrogens (tertiary/aromatic N) is 1. The van der Waals surface area contributed by atoms with Gasteiger partial charge in [0.15, 0.2) is 11.6 Å². The van der Waals surface area contributed by atoms with Crippen molar-refractivity contribution in [2.75, 3.05) is 0 Å². The van der Waals surface area contributed by atoms with Crippen LogP contribution in [0.25, 0.3) is 0 Å². The maximum atomic E-state index is 13.7. The number of benzene rings is 2. The topological polar surface area (TPSA) is 72.6 Å². The zero-order valence-electron chi connectivity index (χ0n) is 10.3. The summed E-state index contributed by atoms with van der Waals surface area (Å²) in [5.74, 6) is -2.32. The van der Waals surface area contributed by atoms with Gasteiger partial charge in [0.25, 0.3) is 0 Å². The summed E-state index contributed by atoms with van der Waals surface area (Å²) in [5, 5.41) is 19.8. The molecule has 5 nitrogen and oxygen atoms in total. The molecule has 0 aliphatic carbocycles. The molecule has 110 valence electrons. The minimum atomic E-state index is -0.820. The highest BCUT2D eigenvalue weighted by Crippen LogP contribution is 2.36. The monoisotopic (exact) mass is 359 g/mol. The fourth-order valence-electron chi connectivity index (χ4n) is 1.59. The normalized spacial score (nSPS) is 10.5. The summed E-state index contributed by atoms with van der Waals surface area (Å²) in [6, 6.07) is 5.34. The Morgan fingerprint density at radius 2 is 1.90 bits per heavy atom. The largest absolute Gasteiger partial charge is 0.447 e. The molecular weight excluding hydrogens is 352 g/mol. The average molecular weight is 360 g/mol. The molecule has 0 aliphatic rings. The lowest BCUT2D eigenvalue weighted by Crippen LogP contribution is -1.97. The lowest BCUT2D eigenvalue weighted by atomic mass is 10.2. The Morgan fingerprint density at radius 3 is 2.48 bits per heavy atom. The number of hydrogen-bond donors (Lipinski definition) is 1. The molecule has 0 unspecified atom stereocenters. The van der Waals surface area contributed by atoms with Crippen molar-refractivity contribution < 1.29 is 23.5 Å². The molecule has 0 fully saturated rings. The second-order valence-corrected chi connectivity index (χ2v) is 4.87. The van der Waals surface area contributed by atoms with Gasteiger partial charge in [-0.2, -0.15) is 0 Å². The zero-order chi connectivity index (χ0) is 15.6. The molecule has 0 atom stereocenters. The lowest BCUT2D eigenvalue weighted by Gasteiger charge is -2.09. The lowest BCUT2D eigenvalue weighted by molar-refractivity contribution is -0.385. The van der Waals surface area contributed by atoms with E-state index in [1.807, 2.05) is 0 Å². The molecule has 0 heterocycles. The number of aliphatic hydroxyl groups is 1. The van der Waals surface area contributed by atoms with Crippen LogP contribution in [0.2, 0.25) is 0 Å². The third kappa shape index (κ3) is 3.34. The fraction of sp³-hybridized carbons (Fsp3) is 0.0769. The zero-order valence-corrected chi connectivity index (χ0v) is 11.9. The van der Waals surface area contributed by atoms with E-state index in [0.29, 0.717) is 5.56 Å². The number of nitro groups is 1. The van der Waals surface area contributed by atoms with Crippen LogP contribution >= 0.6 is 15.9 Å². The van der Waals surface area contributed by atoms with Crippen LogP contribution in [0.5, 0.6) is 11.5 Å². The number of hydrogen-bond acceptors (Lipinski definition) is 4. The molecule has 2 aromatic rings. The Hall–Kier alpha value is -2.06. The predicted octanol–water partition coefficient (Wildman–Crippen LogP) is 3.92. The minimum Gasteiger partial charge on any atom is -0.447 e. The molecule has 1 N–H and O–H groups in total. The molecule has 0 radical (unpaired) electrons. The van der Waals surface area contributed by atoms with Gasteiger partial charge in [-0.25, -0.2) is 8.78 Å². The first-order valence-electron chi connectivity index (χ1n) is 5.63. The number of rotatable bonds is 4. The van der Waals surface area contributed by atoms with Gasteiger partial charge in [0, 0.05) is 12.1 Å². The Balaban J connectivity index is 2.43. The second-order valence-electron chi connectivity index (χ2n) is 4.02. The quantitative estimate of drug-likeness (QED) is 0.663. The van der Waals surface area contributed by atoms with Crippen LogP contribution < -0.4 is 4.74 Å². The van der Waals surface area contributed by atoms with E-state index >= 15 is 0 Å². The van der Waals surface area contributed by atoms with Crippen LogP contribution in [-0.2, 0) is 6.61 Å². The van der Waals surface area contributed by atoms with Gasteiger partial charge in [-0.05, 0) is 33.6 Å². The standard InChI is InChI=1S/C13H8BrF2NO4/c14-8-4-11(17(19)20)13(5-9(8)15)21-12-2-1-7(6-18)3-10(12)16/h1-5,18H,6H2. The predicted molar refractivity (Wildman–Crippen MR) is 73.2 cm³/mol. The summed E-state index contributed by atoms with van der Waals surface area (Å²) < 4.78 is 32.2. The summed E-state index contributed by atoms with van der Waals surface area (Å²) in [6.45, 7) is -0.357. The fourth-order valence-corrected chi connectivity index (χ4v) is 1.92. The number of halogens is 3. The van der Waals surface area contributed by atoms with Crippen LogP contribution in [0.4, 0.5) is 14.5 Å². The van der Waals surface area contributed by atoms with Crippen LogP contribution in [0.3, 0.4) is 0 Å². The maximum Gasteiger partial charge on any atom is 0.312 e. The Labute approximate surface area is 126 Å². The van der Waals surface area contributed by atoms with Crippen molar-refractivity contribution in [1.29, 1.82) is 0 Å². The molecule has 0 saturated heterocycles. The van der Waals surface area contributed by atoms with Crippen molar-refractivity contribution in [2.45, 2.75) is 6.61 Å². The highest BCUT2D eigenvalue weighted by Gasteiger charge is 2.20. The highest BCUT2D eigenvalue weighted by atomic mass is 79.9. The van der Waals surface area contributed by atoms with Crippen LogP contribution in [-0.4, -0.2) is 10.0 Å². The Morgan fingerprint density at radius 1 is 1.19 bits per heavy atom. The molecule has 0 saturated carbocycles. The molecule has 2 aromatic carbocycles. The highest BCUT2D eigenvalue weighted by molar-refractivity contribution is 9.10. The molecule has 0 spiro atoms. The number of aliphatic hydroxyl groups excluding tert-OH is 1. The number of ether oxygens (including phenoxy) is 1. The Bertz CT molecular complexity index is 709. The van der Waals surface area contributed by atoms with Gasteiger partial charge >= 0.3 is 5.69 Å². The first kappa shape index (κ1) is 15.3. The third-order valence-corrected chi connectivity index (χ3v) is 3.21. The average Bonchev–Trinajstić information content (AvgIpc) is 2.44. The Kier molecular flexibility index (Phi) is 4.49. The van der Waals surface area contributed by atoms with Gasteiger partial charge in [0.1, 0.15) is 5.82 Å². The molecular formula is C13H8BrF2NO4. The molecule has 0 amide bonds. The SMILES string of the molecule is O=[N+]([O-])c1cc(Br)c(F)cc1Oc1ccc(CO)cc1F. The summed E-state index contributed by atoms with van der Waals surface area (Å²) in [4.78, 5) is 10.2. The van der Waals surface area contributed by atoms with E-state index in [0.717, 1.165) is 18.2 Å². The molecule has 0 bridgehead atoms. The van der Waals surface area contributed by atoms with Crippen molar-refractivity contribution in [3.8, 4) is 11.5 Å². The molecule has 21 heavy (non-hydrogen) atoms. The van der Waals surface area contributed by atoms with E-state index in [-0.39, 0.29) is 16.8 Å². The van der Waals surface area contributed by atoms with Crippen LogP contribution in [0, 0.1) is 21.7 Å². The van der Waals surface area contributed by atoms with E-state index < -0.39 is 28.0 Å². The van der Waals surface area contributed by atoms with Crippen LogP contribution in [0.15, 0.2) is 34.8 Å². The summed E-state index contributed by atoms with van der Waals surface area (Å²) in [5.41, 5.74) is -0.190. The van der Waals surface area contributed by atoms with Gasteiger partial charge in [-0.3, -0.25) is 10.1 Å². The summed E-state index contributed by atoms with van der Waals surface area (Å²) >= 11 is 2.83. The van der Waals surface area contributed by atoms with Gasteiger partial charge in [0.2, 0.25) is 5.75 Å². The smallest absolute Gasteiger partial charge is 0.312 e. The van der Waals surface area contributed by atoms with E-state index in [9.17, 15) is 18.9 Å². The molecule has 0 aliphatic heterocycles. The van der Waals surface area contributed by atoms with Crippen molar-refractivity contribution in [3.63, 3.8) is 0 Å². The van der Waals surface area contributed by atoms with Crippen molar-refractivity contribution in [2.24, 2.45) is 0 Å². The van der Waals surface area contributed by atoms with Crippen molar-refractivity contribution >= 4 is 21.6 Å². The first-order valence-corrected chi connectivity index (χ1v) is 6.42. The van der Waals surface area contributed by atoms with Crippen molar-refractivity contribution in [1.82, 2.24) is 0 Å². The third-order valence-electron chi connectivity index (χ3n) is 2.60. The van der Waals surface area contributed by atoms with E-state index in [4.69, 9.17) is 9.84 Å². The van der Waals surface area contributed by atoms with Crippen LogP contribution in [0.1, 0.15) is 5.56 Å². The van der Waals surface area contributed by atoms with Gasteiger partial charge in [0.05, 0.1) is 16.0 Å². The maximum absolute atomic E-state index is 13.7. The van der Waals surface area contributed by atoms with Gasteiger partial charge in [-0.1, -0.05) is 6.07 Å². The van der Waals surface area contributed by atoms with E-state index in [1.165, 1.54) is 12.1 Å². The van der Waals surface area contributed by atoms with Crippen molar-refractivity contribution in [3.05, 3.63) is 62.1 Å². The summed E-state index contributed by atoms with van der Waals surface area (Å²) in [6.07, 6.45) is 0. The molecule has 0 aromatic heterocycles. The van der Waals surface area contributed by atoms with E-state index in [1.54, 1.807) is 0 Å². The van der Waals surface area contributed by atoms with E-state index in [2.05, 4.69) is 15.9 Å². The number of nitro benzene ring substituents is 1. The summed E-state index contributed by atoms with van der Waals surface area (Å²) in [7, 11) is 0. The molecule has 2 rings (SSSR count). The first-order chi connectivity index (χ1) is 9.92.